The molecule has 1 aliphatic rings. The summed E-state index contributed by atoms with van der Waals surface area (Å²) in [6, 6.07) is 10.9. The Morgan fingerprint density at radius 2 is 1.88 bits per heavy atom. The zero-order chi connectivity index (χ0) is 18.0. The number of anilines is 1. The summed E-state index contributed by atoms with van der Waals surface area (Å²) < 4.78 is 22.9. The lowest BCUT2D eigenvalue weighted by Gasteiger charge is -2.29. The van der Waals surface area contributed by atoms with Crippen molar-refractivity contribution in [3.8, 4) is 0 Å². The second kappa shape index (κ2) is 6.96. The summed E-state index contributed by atoms with van der Waals surface area (Å²) in [5.74, 6) is 0. The van der Waals surface area contributed by atoms with Crippen molar-refractivity contribution in [2.24, 2.45) is 10.2 Å². The molecule has 0 bridgehead atoms. The molecule has 0 saturated heterocycles. The number of hydrogen-bond acceptors (Lipinski definition) is 5. The number of azo groups is 1. The Morgan fingerprint density at radius 3 is 2.56 bits per heavy atom. The van der Waals surface area contributed by atoms with E-state index in [2.05, 4.69) is 41.2 Å². The summed E-state index contributed by atoms with van der Waals surface area (Å²) in [6.45, 7) is 3.77. The fourth-order valence-corrected chi connectivity index (χ4v) is 3.97. The molecular formula is C19H23N3O2S. The van der Waals surface area contributed by atoms with Gasteiger partial charge in [0.15, 0.2) is 9.84 Å². The molecule has 132 valence electrons. The molecule has 2 aromatic rings. The number of aryl methyl sites for hydroxylation is 2. The van der Waals surface area contributed by atoms with Gasteiger partial charge in [-0.3, -0.25) is 0 Å². The third-order valence-electron chi connectivity index (χ3n) is 4.46. The maximum Gasteiger partial charge on any atom is 0.175 e. The van der Waals surface area contributed by atoms with Crippen LogP contribution in [0, 0.1) is 6.92 Å². The van der Waals surface area contributed by atoms with Gasteiger partial charge in [0.2, 0.25) is 0 Å². The van der Waals surface area contributed by atoms with E-state index in [1.165, 1.54) is 29.5 Å². The zero-order valence-electron chi connectivity index (χ0n) is 14.9. The van der Waals surface area contributed by atoms with Gasteiger partial charge in [0.05, 0.1) is 17.1 Å². The Hall–Kier alpha value is -2.21. The van der Waals surface area contributed by atoms with E-state index in [0.29, 0.717) is 17.1 Å². The van der Waals surface area contributed by atoms with Gasteiger partial charge in [-0.1, -0.05) is 12.1 Å². The van der Waals surface area contributed by atoms with E-state index >= 15 is 0 Å². The van der Waals surface area contributed by atoms with Crippen molar-refractivity contribution < 1.29 is 8.42 Å². The lowest BCUT2D eigenvalue weighted by molar-refractivity contribution is 0.602. The van der Waals surface area contributed by atoms with Crippen LogP contribution in [0.3, 0.4) is 0 Å². The van der Waals surface area contributed by atoms with Gasteiger partial charge in [-0.05, 0) is 60.7 Å². The highest BCUT2D eigenvalue weighted by Crippen LogP contribution is 2.31. The number of rotatable bonds is 4. The van der Waals surface area contributed by atoms with Crippen LogP contribution in [0.5, 0.6) is 0 Å². The second-order valence-corrected chi connectivity index (χ2v) is 8.63. The minimum atomic E-state index is -3.18. The summed E-state index contributed by atoms with van der Waals surface area (Å²) >= 11 is 0. The molecule has 0 N–H and O–H groups in total. The molecule has 0 amide bonds. The van der Waals surface area contributed by atoms with Gasteiger partial charge >= 0.3 is 0 Å². The van der Waals surface area contributed by atoms with Crippen molar-refractivity contribution in [2.75, 3.05) is 24.7 Å². The minimum absolute atomic E-state index is 0.292. The Bertz CT molecular complexity index is 903. The van der Waals surface area contributed by atoms with Gasteiger partial charge in [0.1, 0.15) is 0 Å². The van der Waals surface area contributed by atoms with Crippen molar-refractivity contribution in [1.29, 1.82) is 0 Å². The molecule has 0 aliphatic carbocycles. The highest BCUT2D eigenvalue weighted by molar-refractivity contribution is 7.90. The Kier molecular flexibility index (Phi) is 4.90. The molecule has 3 rings (SSSR count). The first-order chi connectivity index (χ1) is 11.8. The molecular weight excluding hydrogens is 334 g/mol. The highest BCUT2D eigenvalue weighted by atomic mass is 32.2. The largest absolute Gasteiger partial charge is 0.374 e. The summed E-state index contributed by atoms with van der Waals surface area (Å²) in [5.41, 5.74) is 5.83. The Labute approximate surface area is 149 Å². The number of fused-ring (bicyclic) bond motifs is 1. The molecule has 25 heavy (non-hydrogen) atoms. The molecule has 0 unspecified atom stereocenters. The number of benzene rings is 2. The molecule has 0 aromatic heterocycles. The molecule has 0 saturated carbocycles. The maximum atomic E-state index is 11.5. The molecule has 2 aromatic carbocycles. The fraction of sp³-hybridized carbons (Fsp3) is 0.368. The second-order valence-electron chi connectivity index (χ2n) is 6.61. The van der Waals surface area contributed by atoms with Crippen molar-refractivity contribution >= 4 is 21.2 Å². The first-order valence-corrected chi connectivity index (χ1v) is 10.2. The summed E-state index contributed by atoms with van der Waals surface area (Å²) in [5, 5.41) is 8.48. The van der Waals surface area contributed by atoms with Crippen LogP contribution < -0.4 is 4.90 Å². The van der Waals surface area contributed by atoms with Crippen molar-refractivity contribution in [3.05, 3.63) is 53.1 Å². The zero-order valence-corrected chi connectivity index (χ0v) is 15.7. The van der Waals surface area contributed by atoms with Crippen LogP contribution in [0.15, 0.2) is 51.5 Å². The molecule has 6 heteroatoms. The maximum absolute atomic E-state index is 11.5. The molecule has 0 fully saturated rings. The van der Waals surface area contributed by atoms with E-state index < -0.39 is 9.84 Å². The molecule has 1 aliphatic heterocycles. The van der Waals surface area contributed by atoms with Crippen molar-refractivity contribution in [3.63, 3.8) is 0 Å². The normalized spacial score (nSPS) is 14.8. The molecule has 0 atom stereocenters. The van der Waals surface area contributed by atoms with Crippen LogP contribution >= 0.6 is 0 Å². The predicted octanol–water partition coefficient (Wildman–Crippen LogP) is 4.06. The third-order valence-corrected chi connectivity index (χ3v) is 5.59. The first kappa shape index (κ1) is 17.6. The summed E-state index contributed by atoms with van der Waals surface area (Å²) in [4.78, 5) is 2.61. The Balaban J connectivity index is 1.73. The quantitative estimate of drug-likeness (QED) is 0.775. The Morgan fingerprint density at radius 1 is 1.16 bits per heavy atom. The molecule has 1 heterocycles. The third kappa shape index (κ3) is 4.07. The molecule has 0 radical (unpaired) electrons. The van der Waals surface area contributed by atoms with Crippen molar-refractivity contribution in [2.45, 2.75) is 31.2 Å². The standard InChI is InChI=1S/C19H23N3O2S/c1-14-11-15(12-16-5-4-10-22(2)19(14)16)13-20-21-17-6-8-18(9-7-17)25(3,23)24/h6-9,11-12H,4-5,10,13H2,1-3H3. The fourth-order valence-electron chi connectivity index (χ4n) is 3.34. The number of hydrogen-bond donors (Lipinski definition) is 0. The predicted molar refractivity (Wildman–Crippen MR) is 101 cm³/mol. The van der Waals surface area contributed by atoms with E-state index in [4.69, 9.17) is 0 Å². The van der Waals surface area contributed by atoms with E-state index in [1.54, 1.807) is 24.3 Å². The van der Waals surface area contributed by atoms with Gasteiger partial charge in [0, 0.05) is 25.5 Å². The highest BCUT2D eigenvalue weighted by Gasteiger charge is 2.16. The van der Waals surface area contributed by atoms with Gasteiger partial charge in [0.25, 0.3) is 0 Å². The average Bonchev–Trinajstić information content (AvgIpc) is 2.54. The molecule has 5 nitrogen and oxygen atoms in total. The number of nitrogens with zero attached hydrogens (tertiary/aromatic N) is 3. The summed E-state index contributed by atoms with van der Waals surface area (Å²) in [6.07, 6.45) is 3.48. The van der Waals surface area contributed by atoms with E-state index in [-0.39, 0.29) is 0 Å². The monoisotopic (exact) mass is 357 g/mol. The van der Waals surface area contributed by atoms with Gasteiger partial charge in [-0.2, -0.15) is 10.2 Å². The molecule has 0 spiro atoms. The van der Waals surface area contributed by atoms with Gasteiger partial charge in [-0.15, -0.1) is 0 Å². The minimum Gasteiger partial charge on any atom is -0.374 e. The van der Waals surface area contributed by atoms with E-state index in [1.807, 2.05) is 0 Å². The van der Waals surface area contributed by atoms with E-state index in [9.17, 15) is 8.42 Å². The van der Waals surface area contributed by atoms with Crippen LogP contribution in [-0.2, 0) is 22.8 Å². The van der Waals surface area contributed by atoms with Crippen LogP contribution in [0.25, 0.3) is 0 Å². The van der Waals surface area contributed by atoms with Gasteiger partial charge < -0.3 is 4.90 Å². The SMILES string of the molecule is Cc1cc(CN=Nc2ccc(S(C)(=O)=O)cc2)cc2c1N(C)CCC2. The van der Waals surface area contributed by atoms with Crippen LogP contribution in [0.4, 0.5) is 11.4 Å². The smallest absolute Gasteiger partial charge is 0.175 e. The topological polar surface area (TPSA) is 62.1 Å². The van der Waals surface area contributed by atoms with Crippen molar-refractivity contribution in [1.82, 2.24) is 0 Å². The average molecular weight is 357 g/mol. The van der Waals surface area contributed by atoms with Crippen LogP contribution in [-0.4, -0.2) is 28.3 Å². The lowest BCUT2D eigenvalue weighted by Crippen LogP contribution is -2.25. The first-order valence-electron chi connectivity index (χ1n) is 8.36. The van der Waals surface area contributed by atoms with Crippen LogP contribution in [0.2, 0.25) is 0 Å². The van der Waals surface area contributed by atoms with E-state index in [0.717, 1.165) is 18.5 Å². The van der Waals surface area contributed by atoms with Gasteiger partial charge in [-0.25, -0.2) is 8.42 Å². The lowest BCUT2D eigenvalue weighted by atomic mass is 9.96. The van der Waals surface area contributed by atoms with Crippen LogP contribution in [0.1, 0.15) is 23.1 Å². The summed E-state index contributed by atoms with van der Waals surface area (Å²) in [7, 11) is -1.03. The number of sulfone groups is 1.